The summed E-state index contributed by atoms with van der Waals surface area (Å²) in [5.74, 6) is -0.921. The van der Waals surface area contributed by atoms with Crippen LogP contribution in [-0.4, -0.2) is 37.2 Å². The molecule has 0 aromatic rings. The predicted octanol–water partition coefficient (Wildman–Crippen LogP) is 22.7. The van der Waals surface area contributed by atoms with Gasteiger partial charge in [0, 0.05) is 19.3 Å². The van der Waals surface area contributed by atoms with Gasteiger partial charge < -0.3 is 14.2 Å². The van der Waals surface area contributed by atoms with Gasteiger partial charge in [0.25, 0.3) is 0 Å². The van der Waals surface area contributed by atoms with Gasteiger partial charge in [0.2, 0.25) is 0 Å². The van der Waals surface area contributed by atoms with Gasteiger partial charge in [-0.25, -0.2) is 0 Å². The maximum Gasteiger partial charge on any atom is 0.306 e. The van der Waals surface area contributed by atoms with Crippen molar-refractivity contribution in [2.24, 2.45) is 0 Å². The summed E-state index contributed by atoms with van der Waals surface area (Å²) in [7, 11) is 0. The SMILES string of the molecule is CC/C=C\C/C=C\C/C=C\C/C=C\C/C=C\C/C=C\C/C=C\C/C=C\CCCCCCC(=O)OCC(COC(=O)CCCCCCCCCC)OC(=O)CCCCCCCCCCCCCC/C=C\C/C=C\C/C=C\C/C=C\CC. The van der Waals surface area contributed by atoms with Crippen molar-refractivity contribution in [3.05, 3.63) is 146 Å². The highest BCUT2D eigenvalue weighted by Gasteiger charge is 2.19. The van der Waals surface area contributed by atoms with Gasteiger partial charge in [-0.05, 0) is 122 Å². The van der Waals surface area contributed by atoms with E-state index in [-0.39, 0.29) is 31.1 Å². The van der Waals surface area contributed by atoms with Crippen LogP contribution in [0.2, 0.25) is 0 Å². The Hall–Kier alpha value is -4.71. The minimum Gasteiger partial charge on any atom is -0.462 e. The van der Waals surface area contributed by atoms with Gasteiger partial charge >= 0.3 is 17.9 Å². The van der Waals surface area contributed by atoms with E-state index in [1.54, 1.807) is 0 Å². The number of ether oxygens (including phenoxy) is 3. The average molecular weight is 1110 g/mol. The van der Waals surface area contributed by atoms with Crippen LogP contribution in [0.4, 0.5) is 0 Å². The fourth-order valence-corrected chi connectivity index (χ4v) is 8.74. The summed E-state index contributed by atoms with van der Waals surface area (Å²) in [5, 5.41) is 0. The second kappa shape index (κ2) is 66.8. The lowest BCUT2D eigenvalue weighted by Gasteiger charge is -2.18. The minimum atomic E-state index is -0.794. The second-order valence-electron chi connectivity index (χ2n) is 21.3. The van der Waals surface area contributed by atoms with Crippen LogP contribution in [0.5, 0.6) is 0 Å². The Balaban J connectivity index is 4.26. The third-order valence-corrected chi connectivity index (χ3v) is 13.6. The van der Waals surface area contributed by atoms with Gasteiger partial charge in [-0.3, -0.25) is 14.4 Å². The number of esters is 3. The Bertz CT molecular complexity index is 1750. The van der Waals surface area contributed by atoms with E-state index in [9.17, 15) is 14.4 Å². The molecule has 0 aromatic heterocycles. The second-order valence-corrected chi connectivity index (χ2v) is 21.3. The Morgan fingerprint density at radius 3 is 0.762 bits per heavy atom. The molecule has 80 heavy (non-hydrogen) atoms. The first-order chi connectivity index (χ1) is 39.5. The lowest BCUT2D eigenvalue weighted by Crippen LogP contribution is -2.30. The van der Waals surface area contributed by atoms with Crippen molar-refractivity contribution in [3.8, 4) is 0 Å². The summed E-state index contributed by atoms with van der Waals surface area (Å²) in [6, 6.07) is 0. The molecule has 0 spiro atoms. The van der Waals surface area contributed by atoms with Gasteiger partial charge in [-0.15, -0.1) is 0 Å². The summed E-state index contributed by atoms with van der Waals surface area (Å²) >= 11 is 0. The Morgan fingerprint density at radius 1 is 0.263 bits per heavy atom. The molecular formula is C74H120O6. The van der Waals surface area contributed by atoms with Crippen molar-refractivity contribution in [3.63, 3.8) is 0 Å². The van der Waals surface area contributed by atoms with Crippen molar-refractivity contribution in [1.82, 2.24) is 0 Å². The number of allylic oxidation sites excluding steroid dienone is 24. The summed E-state index contributed by atoms with van der Waals surface area (Å²) in [4.78, 5) is 38.2. The number of unbranched alkanes of at least 4 members (excludes halogenated alkanes) is 23. The average Bonchev–Trinajstić information content (AvgIpc) is 3.46. The normalized spacial score (nSPS) is 13.1. The van der Waals surface area contributed by atoms with Crippen molar-refractivity contribution in [2.75, 3.05) is 13.2 Å². The number of carbonyl (C=O) groups is 3. The molecule has 0 bridgehead atoms. The number of hydrogen-bond donors (Lipinski definition) is 0. The molecule has 0 aromatic carbocycles. The van der Waals surface area contributed by atoms with E-state index < -0.39 is 6.10 Å². The van der Waals surface area contributed by atoms with Crippen LogP contribution in [0.3, 0.4) is 0 Å². The van der Waals surface area contributed by atoms with E-state index in [0.29, 0.717) is 19.3 Å². The molecule has 0 rings (SSSR count). The van der Waals surface area contributed by atoms with E-state index in [2.05, 4.69) is 167 Å². The molecule has 452 valence electrons. The molecule has 1 unspecified atom stereocenters. The molecule has 0 saturated carbocycles. The zero-order chi connectivity index (χ0) is 57.8. The molecule has 0 aliphatic carbocycles. The van der Waals surface area contributed by atoms with Crippen LogP contribution in [0.15, 0.2) is 146 Å². The molecule has 6 nitrogen and oxygen atoms in total. The van der Waals surface area contributed by atoms with E-state index in [1.807, 2.05) is 0 Å². The maximum absolute atomic E-state index is 12.9. The molecule has 0 aliphatic heterocycles. The lowest BCUT2D eigenvalue weighted by atomic mass is 10.0. The molecular weight excluding hydrogens is 985 g/mol. The molecule has 0 radical (unpaired) electrons. The number of carbonyl (C=O) groups excluding carboxylic acids is 3. The van der Waals surface area contributed by atoms with Gasteiger partial charge in [0.1, 0.15) is 13.2 Å². The summed E-state index contributed by atoms with van der Waals surface area (Å²) in [6.45, 7) is 6.37. The number of hydrogen-bond acceptors (Lipinski definition) is 6. The zero-order valence-electron chi connectivity index (χ0n) is 51.8. The molecule has 0 N–H and O–H groups in total. The van der Waals surface area contributed by atoms with Crippen LogP contribution in [0.1, 0.15) is 284 Å². The highest BCUT2D eigenvalue weighted by molar-refractivity contribution is 5.71. The summed E-state index contributed by atoms with van der Waals surface area (Å²) in [5.41, 5.74) is 0. The highest BCUT2D eigenvalue weighted by Crippen LogP contribution is 2.15. The molecule has 0 heterocycles. The van der Waals surface area contributed by atoms with Crippen molar-refractivity contribution in [1.29, 1.82) is 0 Å². The molecule has 0 amide bonds. The highest BCUT2D eigenvalue weighted by atomic mass is 16.6. The predicted molar refractivity (Wildman–Crippen MR) is 348 cm³/mol. The smallest absolute Gasteiger partial charge is 0.306 e. The molecule has 0 aliphatic rings. The molecule has 6 heteroatoms. The fraction of sp³-hybridized carbons (Fsp3) is 0.635. The van der Waals surface area contributed by atoms with Crippen LogP contribution >= 0.6 is 0 Å². The van der Waals surface area contributed by atoms with E-state index >= 15 is 0 Å². The Morgan fingerprint density at radius 2 is 0.487 bits per heavy atom. The van der Waals surface area contributed by atoms with Gasteiger partial charge in [0.15, 0.2) is 6.10 Å². The van der Waals surface area contributed by atoms with Crippen LogP contribution in [0.25, 0.3) is 0 Å². The molecule has 0 saturated heterocycles. The van der Waals surface area contributed by atoms with Crippen LogP contribution in [0, 0.1) is 0 Å². The van der Waals surface area contributed by atoms with Gasteiger partial charge in [-0.1, -0.05) is 289 Å². The van der Waals surface area contributed by atoms with E-state index in [0.717, 1.165) is 148 Å². The lowest BCUT2D eigenvalue weighted by molar-refractivity contribution is -0.167. The third kappa shape index (κ3) is 64.1. The minimum absolute atomic E-state index is 0.0896. The maximum atomic E-state index is 12.9. The van der Waals surface area contributed by atoms with Crippen molar-refractivity contribution >= 4 is 17.9 Å². The topological polar surface area (TPSA) is 78.9 Å². The van der Waals surface area contributed by atoms with Gasteiger partial charge in [-0.2, -0.15) is 0 Å². The van der Waals surface area contributed by atoms with Crippen LogP contribution in [-0.2, 0) is 28.6 Å². The van der Waals surface area contributed by atoms with E-state index in [4.69, 9.17) is 14.2 Å². The van der Waals surface area contributed by atoms with Crippen LogP contribution < -0.4 is 0 Å². The zero-order valence-corrected chi connectivity index (χ0v) is 51.8. The first kappa shape index (κ1) is 75.3. The first-order valence-electron chi connectivity index (χ1n) is 32.8. The Kier molecular flexibility index (Phi) is 62.9. The summed E-state index contributed by atoms with van der Waals surface area (Å²) < 4.78 is 16.9. The first-order valence-corrected chi connectivity index (χ1v) is 32.8. The fourth-order valence-electron chi connectivity index (χ4n) is 8.74. The van der Waals surface area contributed by atoms with Crippen molar-refractivity contribution in [2.45, 2.75) is 290 Å². The standard InChI is InChI=1S/C74H120O6/c1-4-7-10-13-16-19-21-23-25-27-29-31-33-35-36-37-38-40-41-43-45-47-49-51-53-55-58-61-64-67-73(76)79-70-71(69-78-72(75)66-63-60-57-18-15-12-9-6-3)80-74(77)68-65-62-59-56-54-52-50-48-46-44-42-39-34-32-30-28-26-24-22-20-17-14-11-8-5-2/h7-8,10-11,16-17,19-20,23-26,29-32,35-36,38,40,43,45,49,51,71H,4-6,9,12-15,18,21-22,27-28,33-34,37,39,41-42,44,46-48,50,52-70H2,1-3H3/b10-7-,11-8-,19-16-,20-17-,25-23-,26-24-,31-29-,32-30-,36-35-,40-38-,45-43-,51-49-. The third-order valence-electron chi connectivity index (χ3n) is 13.6. The Labute approximate surface area is 493 Å². The van der Waals surface area contributed by atoms with E-state index in [1.165, 1.54) is 96.3 Å². The largest absolute Gasteiger partial charge is 0.462 e. The monoisotopic (exact) mass is 1100 g/mol. The summed E-state index contributed by atoms with van der Waals surface area (Å²) in [6.07, 6.45) is 95.9. The molecule has 1 atom stereocenters. The molecule has 0 fully saturated rings. The quantitative estimate of drug-likeness (QED) is 0.0261. The van der Waals surface area contributed by atoms with Gasteiger partial charge in [0.05, 0.1) is 0 Å². The number of rotatable bonds is 58. The van der Waals surface area contributed by atoms with Crippen molar-refractivity contribution < 1.29 is 28.6 Å².